The standard InChI is InChI=1S/C19H31NO2/c1-18-9-7-13(21)11-12(18)3-4-14-15-5-6-17(20-22)19(15,2)10-8-16(14)18/h12-16,21-22H,3-11H2,1-2H3/b20-17+/t12?,13-,14?,15?,16?,18+,19+/m1/s1. The molecule has 2 N–H and O–H groups in total. The molecule has 0 radical (unpaired) electrons. The highest BCUT2D eigenvalue weighted by molar-refractivity contribution is 5.91. The van der Waals surface area contributed by atoms with Gasteiger partial charge in [0.25, 0.3) is 0 Å². The molecule has 4 rings (SSSR count). The monoisotopic (exact) mass is 305 g/mol. The summed E-state index contributed by atoms with van der Waals surface area (Å²) in [6, 6.07) is 0. The zero-order valence-corrected chi connectivity index (χ0v) is 14.1. The van der Waals surface area contributed by atoms with Crippen LogP contribution in [0.4, 0.5) is 0 Å². The fourth-order valence-corrected chi connectivity index (χ4v) is 7.19. The first-order valence-electron chi connectivity index (χ1n) is 9.38. The molecule has 0 aromatic heterocycles. The molecule has 3 heteroatoms. The lowest BCUT2D eigenvalue weighted by Crippen LogP contribution is -2.54. The van der Waals surface area contributed by atoms with Crippen molar-refractivity contribution in [3.63, 3.8) is 0 Å². The van der Waals surface area contributed by atoms with E-state index >= 15 is 0 Å². The van der Waals surface area contributed by atoms with E-state index < -0.39 is 0 Å². The van der Waals surface area contributed by atoms with Crippen molar-refractivity contribution in [1.82, 2.24) is 0 Å². The predicted molar refractivity (Wildman–Crippen MR) is 87.0 cm³/mol. The minimum absolute atomic E-state index is 0.0527. The van der Waals surface area contributed by atoms with Gasteiger partial charge in [-0.2, -0.15) is 0 Å². The van der Waals surface area contributed by atoms with Crippen molar-refractivity contribution in [2.75, 3.05) is 0 Å². The number of nitrogens with zero attached hydrogens (tertiary/aromatic N) is 1. The van der Waals surface area contributed by atoms with Crippen molar-refractivity contribution in [2.45, 2.75) is 77.7 Å². The molecule has 4 saturated carbocycles. The highest BCUT2D eigenvalue weighted by Gasteiger charge is 2.59. The smallest absolute Gasteiger partial charge is 0.0632 e. The van der Waals surface area contributed by atoms with E-state index in [4.69, 9.17) is 0 Å². The van der Waals surface area contributed by atoms with E-state index in [9.17, 15) is 10.3 Å². The normalized spacial score (nSPS) is 56.3. The highest BCUT2D eigenvalue weighted by Crippen LogP contribution is 2.65. The molecule has 4 unspecified atom stereocenters. The number of hydrogen-bond donors (Lipinski definition) is 2. The molecule has 0 heterocycles. The molecule has 0 saturated heterocycles. The molecule has 4 aliphatic carbocycles. The van der Waals surface area contributed by atoms with Crippen LogP contribution in [0.15, 0.2) is 5.16 Å². The maximum absolute atomic E-state index is 10.1. The van der Waals surface area contributed by atoms with Gasteiger partial charge in [-0.1, -0.05) is 19.0 Å². The van der Waals surface area contributed by atoms with Crippen LogP contribution in [0.5, 0.6) is 0 Å². The van der Waals surface area contributed by atoms with Gasteiger partial charge >= 0.3 is 0 Å². The van der Waals surface area contributed by atoms with Crippen LogP contribution < -0.4 is 0 Å². The zero-order chi connectivity index (χ0) is 15.5. The lowest BCUT2D eigenvalue weighted by Gasteiger charge is -2.60. The van der Waals surface area contributed by atoms with Crippen LogP contribution in [0.1, 0.15) is 71.6 Å². The van der Waals surface area contributed by atoms with Crippen LogP contribution in [0, 0.1) is 34.5 Å². The summed E-state index contributed by atoms with van der Waals surface area (Å²) in [7, 11) is 0. The van der Waals surface area contributed by atoms with Gasteiger partial charge < -0.3 is 10.3 Å². The summed E-state index contributed by atoms with van der Waals surface area (Å²) in [5.41, 5.74) is 1.68. The van der Waals surface area contributed by atoms with Crippen molar-refractivity contribution in [1.29, 1.82) is 0 Å². The summed E-state index contributed by atoms with van der Waals surface area (Å²) >= 11 is 0. The Hall–Kier alpha value is -0.570. The molecule has 4 fully saturated rings. The number of rotatable bonds is 0. The van der Waals surface area contributed by atoms with E-state index in [1.165, 1.54) is 38.5 Å². The van der Waals surface area contributed by atoms with Gasteiger partial charge in [-0.15, -0.1) is 0 Å². The van der Waals surface area contributed by atoms with Crippen LogP contribution in [0.3, 0.4) is 0 Å². The molecule has 0 bridgehead atoms. The van der Waals surface area contributed by atoms with Gasteiger partial charge in [-0.25, -0.2) is 0 Å². The molecule has 124 valence electrons. The van der Waals surface area contributed by atoms with Gasteiger partial charge in [0.05, 0.1) is 11.8 Å². The zero-order valence-electron chi connectivity index (χ0n) is 14.1. The summed E-state index contributed by atoms with van der Waals surface area (Å²) in [5, 5.41) is 23.1. The van der Waals surface area contributed by atoms with E-state index in [2.05, 4.69) is 19.0 Å². The average Bonchev–Trinajstić information content (AvgIpc) is 2.84. The second kappa shape index (κ2) is 4.96. The van der Waals surface area contributed by atoms with Crippen LogP contribution in [-0.4, -0.2) is 22.1 Å². The van der Waals surface area contributed by atoms with Crippen molar-refractivity contribution >= 4 is 5.71 Å². The maximum Gasteiger partial charge on any atom is 0.0632 e. The molecule has 0 amide bonds. The summed E-state index contributed by atoms with van der Waals surface area (Å²) in [6.07, 6.45) is 10.5. The minimum atomic E-state index is -0.0527. The van der Waals surface area contributed by atoms with Gasteiger partial charge in [0.15, 0.2) is 0 Å². The SMILES string of the molecule is C[C@]12CC[C@@H](O)CC1CCC1C2CC[C@]2(C)/C(=N/O)CCC12. The van der Waals surface area contributed by atoms with Crippen LogP contribution in [0.2, 0.25) is 0 Å². The van der Waals surface area contributed by atoms with Gasteiger partial charge in [-0.3, -0.25) is 0 Å². The Labute approximate surface area is 134 Å². The fraction of sp³-hybridized carbons (Fsp3) is 0.947. The van der Waals surface area contributed by atoms with Crippen molar-refractivity contribution in [3.05, 3.63) is 0 Å². The van der Waals surface area contributed by atoms with Crippen LogP contribution in [0.25, 0.3) is 0 Å². The third-order valence-corrected chi connectivity index (χ3v) is 8.50. The van der Waals surface area contributed by atoms with E-state index in [1.807, 2.05) is 0 Å². The van der Waals surface area contributed by atoms with E-state index in [0.717, 1.165) is 48.6 Å². The second-order valence-corrected chi connectivity index (χ2v) is 9.13. The minimum Gasteiger partial charge on any atom is -0.411 e. The molecule has 22 heavy (non-hydrogen) atoms. The molecule has 0 aliphatic heterocycles. The topological polar surface area (TPSA) is 52.8 Å². The third-order valence-electron chi connectivity index (χ3n) is 8.50. The highest BCUT2D eigenvalue weighted by atomic mass is 16.4. The maximum atomic E-state index is 10.1. The summed E-state index contributed by atoms with van der Waals surface area (Å²) in [4.78, 5) is 0. The van der Waals surface area contributed by atoms with Gasteiger partial charge in [-0.05, 0) is 86.9 Å². The fourth-order valence-electron chi connectivity index (χ4n) is 7.19. The summed E-state index contributed by atoms with van der Waals surface area (Å²) in [6.45, 7) is 4.88. The number of aliphatic hydroxyl groups excluding tert-OH is 1. The number of oxime groups is 1. The first kappa shape index (κ1) is 15.0. The van der Waals surface area contributed by atoms with Gasteiger partial charge in [0.1, 0.15) is 0 Å². The quantitative estimate of drug-likeness (QED) is 0.520. The predicted octanol–water partition coefficient (Wildman–Crippen LogP) is 4.22. The van der Waals surface area contributed by atoms with E-state index in [0.29, 0.717) is 5.41 Å². The second-order valence-electron chi connectivity index (χ2n) is 9.13. The first-order chi connectivity index (χ1) is 10.5. The molecule has 7 atom stereocenters. The lowest BCUT2D eigenvalue weighted by molar-refractivity contribution is -0.114. The van der Waals surface area contributed by atoms with Crippen molar-refractivity contribution < 1.29 is 10.3 Å². The largest absolute Gasteiger partial charge is 0.411 e. The Kier molecular flexibility index (Phi) is 3.38. The molecule has 3 nitrogen and oxygen atoms in total. The van der Waals surface area contributed by atoms with E-state index in [1.54, 1.807) is 0 Å². The van der Waals surface area contributed by atoms with Crippen LogP contribution in [-0.2, 0) is 0 Å². The van der Waals surface area contributed by atoms with Crippen LogP contribution >= 0.6 is 0 Å². The lowest BCUT2D eigenvalue weighted by atomic mass is 9.45. The number of hydrogen-bond acceptors (Lipinski definition) is 3. The Morgan fingerprint density at radius 3 is 2.59 bits per heavy atom. The third kappa shape index (κ3) is 1.87. The van der Waals surface area contributed by atoms with E-state index in [-0.39, 0.29) is 11.5 Å². The van der Waals surface area contributed by atoms with Gasteiger partial charge in [0.2, 0.25) is 0 Å². The van der Waals surface area contributed by atoms with Crippen molar-refractivity contribution in [3.8, 4) is 0 Å². The molecule has 4 aliphatic rings. The molecule has 0 spiro atoms. The number of aliphatic hydroxyl groups is 1. The van der Waals surface area contributed by atoms with Gasteiger partial charge in [0, 0.05) is 5.41 Å². The summed E-state index contributed by atoms with van der Waals surface area (Å²) in [5.74, 6) is 3.10. The average molecular weight is 305 g/mol. The van der Waals surface area contributed by atoms with Crippen molar-refractivity contribution in [2.24, 2.45) is 39.7 Å². The Bertz CT molecular complexity index is 490. The molecule has 0 aromatic carbocycles. The Balaban J connectivity index is 1.63. The molecular weight excluding hydrogens is 274 g/mol. The molecular formula is C19H31NO2. The number of fused-ring (bicyclic) bond motifs is 5. The Morgan fingerprint density at radius 1 is 1.00 bits per heavy atom. The first-order valence-corrected chi connectivity index (χ1v) is 9.38. The Morgan fingerprint density at radius 2 is 1.82 bits per heavy atom. The molecule has 0 aromatic rings. The summed E-state index contributed by atoms with van der Waals surface area (Å²) < 4.78 is 0.